The number of nitrogens with one attached hydrogen (secondary N) is 2. The van der Waals surface area contributed by atoms with Crippen LogP contribution in [0.15, 0.2) is 35.4 Å². The maximum Gasteiger partial charge on any atom is 0.329 e. The van der Waals surface area contributed by atoms with Gasteiger partial charge in [-0.2, -0.15) is 5.10 Å². The van der Waals surface area contributed by atoms with Gasteiger partial charge in [0.05, 0.1) is 18.2 Å². The molecule has 0 atom stereocenters. The summed E-state index contributed by atoms with van der Waals surface area (Å²) in [4.78, 5) is 34.1. The van der Waals surface area contributed by atoms with Crippen LogP contribution in [0.5, 0.6) is 11.5 Å². The molecule has 0 bridgehead atoms. The Morgan fingerprint density at radius 3 is 2.43 bits per heavy atom. The van der Waals surface area contributed by atoms with Gasteiger partial charge >= 0.3 is 17.5 Å². The highest BCUT2D eigenvalue weighted by molar-refractivity contribution is 6.39. The number of rotatable bonds is 5. The van der Waals surface area contributed by atoms with Gasteiger partial charge in [-0.1, -0.05) is 18.2 Å². The molecular formula is C18H18N4O6. The molecule has 2 aromatic rings. The van der Waals surface area contributed by atoms with Crippen LogP contribution in [0.25, 0.3) is 0 Å². The molecule has 28 heavy (non-hydrogen) atoms. The molecule has 0 unspecified atom stereocenters. The zero-order valence-corrected chi connectivity index (χ0v) is 15.3. The first kappa shape index (κ1) is 20.4. The molecule has 10 heteroatoms. The van der Waals surface area contributed by atoms with Crippen LogP contribution in [0.2, 0.25) is 0 Å². The molecule has 3 N–H and O–H groups in total. The van der Waals surface area contributed by atoms with Gasteiger partial charge < -0.3 is 15.2 Å². The summed E-state index contributed by atoms with van der Waals surface area (Å²) in [6, 6.07) is 7.75. The number of carbonyl (C=O) groups is 2. The molecular weight excluding hydrogens is 368 g/mol. The molecule has 0 aliphatic heterocycles. The number of methoxy groups -OCH3 is 1. The molecule has 0 aliphatic rings. The molecule has 146 valence electrons. The minimum Gasteiger partial charge on any atom is -0.500 e. The first-order valence-electron chi connectivity index (χ1n) is 8.00. The average molecular weight is 386 g/mol. The van der Waals surface area contributed by atoms with Crippen LogP contribution >= 0.6 is 0 Å². The summed E-state index contributed by atoms with van der Waals surface area (Å²) in [5.41, 5.74) is 3.76. The second kappa shape index (κ2) is 8.62. The monoisotopic (exact) mass is 386 g/mol. The number of hydrazone groups is 1. The van der Waals surface area contributed by atoms with Gasteiger partial charge in [0.25, 0.3) is 0 Å². The van der Waals surface area contributed by atoms with Gasteiger partial charge in [-0.15, -0.1) is 0 Å². The van der Waals surface area contributed by atoms with Crippen molar-refractivity contribution in [3.63, 3.8) is 0 Å². The summed E-state index contributed by atoms with van der Waals surface area (Å²) in [5.74, 6) is -2.68. The number of aryl methyl sites for hydroxylation is 2. The zero-order chi connectivity index (χ0) is 20.8. The molecule has 0 fully saturated rings. The van der Waals surface area contributed by atoms with Crippen LogP contribution in [0.4, 0.5) is 11.4 Å². The second-order valence-electron chi connectivity index (χ2n) is 5.77. The summed E-state index contributed by atoms with van der Waals surface area (Å²) in [7, 11) is 1.24. The van der Waals surface area contributed by atoms with E-state index in [0.29, 0.717) is 5.69 Å². The fraction of sp³-hybridized carbons (Fsp3) is 0.167. The normalized spacial score (nSPS) is 10.5. The number of ether oxygens (including phenoxy) is 1. The minimum atomic E-state index is -1.01. The molecule has 2 amide bonds. The number of phenols is 1. The van der Waals surface area contributed by atoms with Gasteiger partial charge in [0, 0.05) is 17.3 Å². The zero-order valence-electron chi connectivity index (χ0n) is 15.3. The Hall–Kier alpha value is -3.95. The van der Waals surface area contributed by atoms with Crippen molar-refractivity contribution in [2.75, 3.05) is 12.4 Å². The highest BCUT2D eigenvalue weighted by Crippen LogP contribution is 2.36. The fourth-order valence-corrected chi connectivity index (χ4v) is 2.38. The number of nitrogens with zero attached hydrogens (tertiary/aromatic N) is 2. The third-order valence-corrected chi connectivity index (χ3v) is 3.80. The third kappa shape index (κ3) is 4.61. The van der Waals surface area contributed by atoms with E-state index in [1.807, 2.05) is 11.5 Å². The van der Waals surface area contributed by atoms with E-state index in [-0.39, 0.29) is 11.3 Å². The number of nitro benzene ring substituents is 1. The highest BCUT2D eigenvalue weighted by atomic mass is 16.6. The minimum absolute atomic E-state index is 0.130. The van der Waals surface area contributed by atoms with E-state index in [9.17, 15) is 24.8 Å². The largest absolute Gasteiger partial charge is 0.500 e. The van der Waals surface area contributed by atoms with Gasteiger partial charge in [0.1, 0.15) is 0 Å². The lowest BCUT2D eigenvalue weighted by atomic mass is 10.1. The van der Waals surface area contributed by atoms with Crippen molar-refractivity contribution >= 4 is 29.4 Å². The van der Waals surface area contributed by atoms with Crippen molar-refractivity contribution in [2.24, 2.45) is 5.10 Å². The number of anilines is 1. The van der Waals surface area contributed by atoms with Crippen LogP contribution in [-0.2, 0) is 9.59 Å². The standard InChI is InChI=1S/C18H18N4O6/c1-10-5-4-6-11(2)15(10)20-17(24)18(25)21-19-9-12-7-13(22(26)27)16(23)14(8-12)28-3/h4-9,23H,1-3H3,(H,20,24)(H,21,25)/b19-9+. The van der Waals surface area contributed by atoms with Gasteiger partial charge in [-0.05, 0) is 31.0 Å². The molecule has 2 aromatic carbocycles. The van der Waals surface area contributed by atoms with Gasteiger partial charge in [-0.25, -0.2) is 5.43 Å². The van der Waals surface area contributed by atoms with Crippen LogP contribution in [0.3, 0.4) is 0 Å². The van der Waals surface area contributed by atoms with Crippen molar-refractivity contribution in [1.82, 2.24) is 5.43 Å². The van der Waals surface area contributed by atoms with Crippen molar-refractivity contribution in [3.05, 3.63) is 57.1 Å². The van der Waals surface area contributed by atoms with E-state index in [1.54, 1.807) is 26.0 Å². The van der Waals surface area contributed by atoms with Crippen molar-refractivity contribution in [1.29, 1.82) is 0 Å². The Morgan fingerprint density at radius 2 is 1.86 bits per heavy atom. The number of para-hydroxylation sites is 1. The Morgan fingerprint density at radius 1 is 1.21 bits per heavy atom. The number of amides is 2. The Kier molecular flexibility index (Phi) is 6.27. The van der Waals surface area contributed by atoms with Gasteiger partial charge in [0.15, 0.2) is 5.75 Å². The van der Waals surface area contributed by atoms with Gasteiger partial charge in [0.2, 0.25) is 5.75 Å². The van der Waals surface area contributed by atoms with E-state index in [0.717, 1.165) is 23.4 Å². The predicted molar refractivity (Wildman–Crippen MR) is 102 cm³/mol. The number of phenolic OH excluding ortho intramolecular Hbond substituents is 1. The molecule has 2 rings (SSSR count). The van der Waals surface area contributed by atoms with Crippen LogP contribution in [0, 0.1) is 24.0 Å². The van der Waals surface area contributed by atoms with E-state index >= 15 is 0 Å². The quantitative estimate of drug-likeness (QED) is 0.310. The fourth-order valence-electron chi connectivity index (χ4n) is 2.38. The Labute approximate surface area is 160 Å². The topological polar surface area (TPSA) is 143 Å². The smallest absolute Gasteiger partial charge is 0.329 e. The summed E-state index contributed by atoms with van der Waals surface area (Å²) in [5, 5.41) is 26.8. The summed E-state index contributed by atoms with van der Waals surface area (Å²) in [6.45, 7) is 3.59. The maximum atomic E-state index is 12.0. The molecule has 10 nitrogen and oxygen atoms in total. The summed E-state index contributed by atoms with van der Waals surface area (Å²) in [6.07, 6.45) is 1.08. The van der Waals surface area contributed by atoms with Crippen molar-refractivity contribution in [2.45, 2.75) is 13.8 Å². The molecule has 0 saturated carbocycles. The molecule has 0 saturated heterocycles. The highest BCUT2D eigenvalue weighted by Gasteiger charge is 2.19. The third-order valence-electron chi connectivity index (χ3n) is 3.80. The number of nitro groups is 1. The SMILES string of the molecule is COc1cc(/C=N/NC(=O)C(=O)Nc2c(C)cccc2C)cc([N+](=O)[O-])c1O. The number of hydrogen-bond acceptors (Lipinski definition) is 7. The molecule has 0 spiro atoms. The lowest BCUT2D eigenvalue weighted by molar-refractivity contribution is -0.386. The Bertz CT molecular complexity index is 951. The van der Waals surface area contributed by atoms with E-state index < -0.39 is 28.2 Å². The number of benzene rings is 2. The number of carbonyl (C=O) groups excluding carboxylic acids is 2. The van der Waals surface area contributed by atoms with E-state index in [2.05, 4.69) is 10.4 Å². The van der Waals surface area contributed by atoms with E-state index in [4.69, 9.17) is 4.74 Å². The first-order chi connectivity index (χ1) is 13.2. The first-order valence-corrected chi connectivity index (χ1v) is 8.00. The Balaban J connectivity index is 2.10. The van der Waals surface area contributed by atoms with Crippen LogP contribution in [-0.4, -0.2) is 35.2 Å². The maximum absolute atomic E-state index is 12.0. The lowest BCUT2D eigenvalue weighted by Crippen LogP contribution is -2.32. The van der Waals surface area contributed by atoms with Gasteiger partial charge in [-0.3, -0.25) is 19.7 Å². The number of hydrogen-bond donors (Lipinski definition) is 3. The summed E-state index contributed by atoms with van der Waals surface area (Å²) < 4.78 is 4.86. The average Bonchev–Trinajstić information content (AvgIpc) is 2.65. The van der Waals surface area contributed by atoms with Crippen molar-refractivity contribution in [3.8, 4) is 11.5 Å². The van der Waals surface area contributed by atoms with Crippen molar-refractivity contribution < 1.29 is 24.4 Å². The molecule has 0 aliphatic carbocycles. The predicted octanol–water partition coefficient (Wildman–Crippen LogP) is 2.01. The molecule has 0 heterocycles. The molecule has 0 aromatic heterocycles. The van der Waals surface area contributed by atoms with Crippen LogP contribution in [0.1, 0.15) is 16.7 Å². The summed E-state index contributed by atoms with van der Waals surface area (Å²) >= 11 is 0. The lowest BCUT2D eigenvalue weighted by Gasteiger charge is -2.10. The second-order valence-corrected chi connectivity index (χ2v) is 5.77. The number of aromatic hydroxyl groups is 1. The van der Waals surface area contributed by atoms with Crippen LogP contribution < -0.4 is 15.5 Å². The van der Waals surface area contributed by atoms with E-state index in [1.165, 1.54) is 13.2 Å². The molecule has 0 radical (unpaired) electrons.